The summed E-state index contributed by atoms with van der Waals surface area (Å²) in [6.07, 6.45) is -0.460. The first-order chi connectivity index (χ1) is 17.6. The van der Waals surface area contributed by atoms with Gasteiger partial charge in [0.2, 0.25) is 0 Å². The topological polar surface area (TPSA) is 91.8 Å². The molecule has 6 nitrogen and oxygen atoms in total. The molecule has 36 heavy (non-hydrogen) atoms. The van der Waals surface area contributed by atoms with Crippen molar-refractivity contribution in [3.63, 3.8) is 0 Å². The molecule has 1 aliphatic carbocycles. The highest BCUT2D eigenvalue weighted by molar-refractivity contribution is 6.38. The van der Waals surface area contributed by atoms with Crippen molar-refractivity contribution in [3.05, 3.63) is 113 Å². The normalized spacial score (nSPS) is 12.8. The Bertz CT molecular complexity index is 1470. The van der Waals surface area contributed by atoms with Crippen molar-refractivity contribution in [2.24, 2.45) is 0 Å². The van der Waals surface area contributed by atoms with Crippen LogP contribution in [0.4, 0.5) is 4.79 Å². The molecule has 0 heterocycles. The van der Waals surface area contributed by atoms with Crippen LogP contribution in [0.15, 0.2) is 91.0 Å². The number of carbonyl (C=O) groups excluding carboxylic acids is 2. The highest BCUT2D eigenvalue weighted by atomic mass is 16.5. The predicted octanol–water partition coefficient (Wildman–Crippen LogP) is 5.55. The van der Waals surface area contributed by atoms with E-state index in [1.54, 1.807) is 0 Å². The molecule has 4 aromatic rings. The number of nitrogens with zero attached hydrogens (tertiary/aromatic N) is 2. The molecule has 0 spiro atoms. The molecule has 0 saturated carbocycles. The number of carbonyl (C=O) groups is 2. The van der Waals surface area contributed by atoms with E-state index in [1.807, 2.05) is 66.7 Å². The van der Waals surface area contributed by atoms with Crippen molar-refractivity contribution in [2.45, 2.75) is 25.3 Å². The zero-order valence-electron chi connectivity index (χ0n) is 19.8. The molecule has 0 aromatic heterocycles. The van der Waals surface area contributed by atoms with Gasteiger partial charge in [0.15, 0.2) is 0 Å². The summed E-state index contributed by atoms with van der Waals surface area (Å²) < 4.78 is 5.65. The molecular formula is C30H25N3O3. The van der Waals surface area contributed by atoms with Gasteiger partial charge in [0.05, 0.1) is 0 Å². The smallest absolute Gasteiger partial charge is 0.407 e. The first-order valence-electron chi connectivity index (χ1n) is 11.9. The highest BCUT2D eigenvalue weighted by Gasteiger charge is 2.31. The summed E-state index contributed by atoms with van der Waals surface area (Å²) in [5.74, 6) is -0.560. The zero-order chi connectivity index (χ0) is 25.1. The molecule has 0 fully saturated rings. The first kappa shape index (κ1) is 23.2. The van der Waals surface area contributed by atoms with E-state index >= 15 is 0 Å². The van der Waals surface area contributed by atoms with Gasteiger partial charge in [0, 0.05) is 19.3 Å². The molecule has 5 rings (SSSR count). The van der Waals surface area contributed by atoms with Crippen molar-refractivity contribution in [1.29, 1.82) is 0 Å². The maximum Gasteiger partial charge on any atom is 0.407 e. The number of rotatable bonds is 7. The lowest BCUT2D eigenvalue weighted by molar-refractivity contribution is -0.119. The molecule has 4 aromatic carbocycles. The maximum atomic E-state index is 13.0. The molecular weight excluding hydrogens is 450 g/mol. The van der Waals surface area contributed by atoms with Gasteiger partial charge in [0.1, 0.15) is 12.6 Å². The van der Waals surface area contributed by atoms with Crippen LogP contribution in [0.25, 0.3) is 27.4 Å². The van der Waals surface area contributed by atoms with Crippen LogP contribution in [0.5, 0.6) is 0 Å². The number of ether oxygens (including phenoxy) is 1. The quantitative estimate of drug-likeness (QED) is 0.216. The Morgan fingerprint density at radius 1 is 0.889 bits per heavy atom. The second-order valence-corrected chi connectivity index (χ2v) is 8.91. The number of amides is 1. The predicted molar refractivity (Wildman–Crippen MR) is 139 cm³/mol. The zero-order valence-corrected chi connectivity index (χ0v) is 19.8. The van der Waals surface area contributed by atoms with Gasteiger partial charge in [-0.2, -0.15) is 4.79 Å². The minimum absolute atomic E-state index is 0.0841. The lowest BCUT2D eigenvalue weighted by atomic mass is 9.95. The monoisotopic (exact) mass is 475 g/mol. The largest absolute Gasteiger partial charge is 0.449 e. The fourth-order valence-corrected chi connectivity index (χ4v) is 4.98. The molecule has 178 valence electrons. The number of nitrogens with one attached hydrogen (secondary N) is 1. The third kappa shape index (κ3) is 4.42. The number of alkyl carbamates (subject to hydrolysis) is 1. The van der Waals surface area contributed by atoms with Gasteiger partial charge in [-0.15, -0.1) is 0 Å². The molecule has 0 unspecified atom stereocenters. The number of hydrogen-bond donors (Lipinski definition) is 1. The van der Waals surface area contributed by atoms with Gasteiger partial charge in [-0.3, -0.25) is 4.79 Å². The maximum absolute atomic E-state index is 13.0. The van der Waals surface area contributed by atoms with E-state index in [1.165, 1.54) is 6.92 Å². The summed E-state index contributed by atoms with van der Waals surface area (Å²) >= 11 is 0. The Labute approximate surface area is 209 Å². The average molecular weight is 476 g/mol. The molecule has 1 aliphatic rings. The third-order valence-electron chi connectivity index (χ3n) is 6.76. The minimum Gasteiger partial charge on any atom is -0.449 e. The first-order valence-corrected chi connectivity index (χ1v) is 11.9. The van der Waals surface area contributed by atoms with Crippen LogP contribution >= 0.6 is 0 Å². The third-order valence-corrected chi connectivity index (χ3v) is 6.76. The van der Waals surface area contributed by atoms with E-state index in [0.29, 0.717) is 0 Å². The number of fused-ring (bicyclic) bond motifs is 4. The fraction of sp³-hybridized carbons (Fsp3) is 0.167. The average Bonchev–Trinajstić information content (AvgIpc) is 3.24. The Balaban J connectivity index is 1.35. The van der Waals surface area contributed by atoms with Crippen LogP contribution in [-0.2, 0) is 16.0 Å². The van der Waals surface area contributed by atoms with Crippen LogP contribution in [0, 0.1) is 0 Å². The number of hydrogen-bond acceptors (Lipinski definition) is 3. The van der Waals surface area contributed by atoms with E-state index in [0.717, 1.165) is 38.6 Å². The lowest BCUT2D eigenvalue weighted by Crippen LogP contribution is -2.45. The van der Waals surface area contributed by atoms with Gasteiger partial charge >= 0.3 is 11.8 Å². The Hall–Kier alpha value is -4.54. The second kappa shape index (κ2) is 9.98. The van der Waals surface area contributed by atoms with Crippen molar-refractivity contribution in [1.82, 2.24) is 5.32 Å². The molecule has 0 bridgehead atoms. The van der Waals surface area contributed by atoms with Gasteiger partial charge in [-0.25, -0.2) is 4.79 Å². The van der Waals surface area contributed by atoms with E-state index in [-0.39, 0.29) is 24.7 Å². The van der Waals surface area contributed by atoms with E-state index in [4.69, 9.17) is 4.74 Å². The molecule has 0 radical (unpaired) electrons. The molecule has 0 aliphatic heterocycles. The summed E-state index contributed by atoms with van der Waals surface area (Å²) in [4.78, 5) is 28.9. The summed E-state index contributed by atoms with van der Waals surface area (Å²) in [5, 5.41) is 4.74. The Morgan fingerprint density at radius 2 is 1.50 bits per heavy atom. The number of ketones is 1. The second-order valence-electron chi connectivity index (χ2n) is 8.91. The SMILES string of the molecule is CC(=[N+]=[N-])C(=O)[C@H](Cc1cccc2ccccc12)NC(=O)OCC1c2ccccc2-c2ccccc21. The van der Waals surface area contributed by atoms with Crippen LogP contribution in [0.1, 0.15) is 29.5 Å². The van der Waals surface area contributed by atoms with Crippen molar-refractivity contribution in [3.8, 4) is 11.1 Å². The van der Waals surface area contributed by atoms with Crippen LogP contribution in [0.2, 0.25) is 0 Å². The molecule has 1 N–H and O–H groups in total. The number of Topliss-reactive ketones (excluding diaryl/α,β-unsaturated/α-hetero) is 1. The van der Waals surface area contributed by atoms with E-state index in [2.05, 4.69) is 34.4 Å². The Morgan fingerprint density at radius 3 is 2.19 bits per heavy atom. The summed E-state index contributed by atoms with van der Waals surface area (Å²) in [7, 11) is 0. The van der Waals surface area contributed by atoms with Gasteiger partial charge in [0.25, 0.3) is 5.78 Å². The lowest BCUT2D eigenvalue weighted by Gasteiger charge is -2.19. The van der Waals surface area contributed by atoms with Crippen molar-refractivity contribution < 1.29 is 19.1 Å². The summed E-state index contributed by atoms with van der Waals surface area (Å²) in [6.45, 7) is 1.56. The molecule has 1 atom stereocenters. The standard InChI is InChI=1S/C30H25N3O3/c1-19(33-31)29(34)28(17-21-11-8-10-20-9-2-3-12-22(20)21)32-30(35)36-18-27-25-15-6-4-13-23(25)24-14-5-7-16-26(24)27/h2-16,27-28H,17-18H2,1H3,(H,32,35)/t28-/m0/s1. The van der Waals surface area contributed by atoms with Crippen molar-refractivity contribution >= 4 is 28.4 Å². The Kier molecular flexibility index (Phi) is 6.44. The summed E-state index contributed by atoms with van der Waals surface area (Å²) in [6, 6.07) is 29.0. The minimum atomic E-state index is -0.942. The molecule has 6 heteroatoms. The highest BCUT2D eigenvalue weighted by Crippen LogP contribution is 2.44. The van der Waals surface area contributed by atoms with Crippen LogP contribution < -0.4 is 5.32 Å². The van der Waals surface area contributed by atoms with Crippen LogP contribution in [-0.4, -0.2) is 35.0 Å². The van der Waals surface area contributed by atoms with Gasteiger partial charge < -0.3 is 15.6 Å². The molecule has 0 saturated heterocycles. The fourth-order valence-electron chi connectivity index (χ4n) is 4.98. The molecule has 1 amide bonds. The van der Waals surface area contributed by atoms with Gasteiger partial charge in [-0.05, 0) is 38.6 Å². The number of benzene rings is 4. The van der Waals surface area contributed by atoms with E-state index < -0.39 is 17.9 Å². The van der Waals surface area contributed by atoms with Crippen molar-refractivity contribution in [2.75, 3.05) is 6.61 Å². The van der Waals surface area contributed by atoms with E-state index in [9.17, 15) is 15.1 Å². The van der Waals surface area contributed by atoms with Gasteiger partial charge in [-0.1, -0.05) is 91.0 Å². The summed E-state index contributed by atoms with van der Waals surface area (Å²) in [5.41, 5.74) is 14.5. The van der Waals surface area contributed by atoms with Crippen LogP contribution in [0.3, 0.4) is 0 Å².